The van der Waals surface area contributed by atoms with Crippen molar-refractivity contribution >= 4 is 44.3 Å². The highest BCUT2D eigenvalue weighted by atomic mass is 79.9. The second-order valence-corrected chi connectivity index (χ2v) is 7.86. The first-order chi connectivity index (χ1) is 8.37. The van der Waals surface area contributed by atoms with Gasteiger partial charge in [0.05, 0.1) is 17.1 Å². The first kappa shape index (κ1) is 13.9. The number of sulfone groups is 1. The fourth-order valence-electron chi connectivity index (χ4n) is 1.87. The number of hydrogen-bond donors (Lipinski definition) is 2. The maximum Gasteiger partial charge on any atom is 0.252 e. The van der Waals surface area contributed by atoms with Crippen LogP contribution in [0.15, 0.2) is 27.6 Å². The van der Waals surface area contributed by atoms with Crippen LogP contribution >= 0.6 is 28.6 Å². The smallest absolute Gasteiger partial charge is 0.252 e. The SMILES string of the molecule is O=C(NC1CCS(=O)(=O)C1)c1ccc(Br)cc1S. The van der Waals surface area contributed by atoms with E-state index in [-0.39, 0.29) is 23.5 Å². The van der Waals surface area contributed by atoms with Crippen molar-refractivity contribution in [2.45, 2.75) is 17.4 Å². The van der Waals surface area contributed by atoms with Gasteiger partial charge < -0.3 is 5.32 Å². The molecule has 1 unspecified atom stereocenters. The van der Waals surface area contributed by atoms with E-state index < -0.39 is 9.84 Å². The molecule has 0 aromatic heterocycles. The van der Waals surface area contributed by atoms with Gasteiger partial charge in [0.2, 0.25) is 0 Å². The molecule has 1 amide bonds. The maximum atomic E-state index is 12.0. The van der Waals surface area contributed by atoms with Crippen LogP contribution < -0.4 is 5.32 Å². The number of hydrogen-bond acceptors (Lipinski definition) is 4. The standard InChI is InChI=1S/C11H12BrNO3S2/c12-7-1-2-9(10(17)5-7)11(14)13-8-3-4-18(15,16)6-8/h1-2,5,8,17H,3-4,6H2,(H,13,14). The van der Waals surface area contributed by atoms with Gasteiger partial charge in [0.15, 0.2) is 9.84 Å². The molecule has 1 aromatic rings. The number of amides is 1. The summed E-state index contributed by atoms with van der Waals surface area (Å²) in [5.74, 6) is -0.113. The fourth-order valence-corrected chi connectivity index (χ4v) is 4.40. The Balaban J connectivity index is 2.09. The van der Waals surface area contributed by atoms with E-state index in [2.05, 4.69) is 33.9 Å². The lowest BCUT2D eigenvalue weighted by Crippen LogP contribution is -2.35. The van der Waals surface area contributed by atoms with Crippen LogP contribution in [0, 0.1) is 0 Å². The topological polar surface area (TPSA) is 63.2 Å². The molecular weight excluding hydrogens is 338 g/mol. The van der Waals surface area contributed by atoms with Crippen molar-refractivity contribution in [3.8, 4) is 0 Å². The number of thiol groups is 1. The van der Waals surface area contributed by atoms with E-state index in [1.54, 1.807) is 18.2 Å². The summed E-state index contributed by atoms with van der Waals surface area (Å²) in [5, 5.41) is 2.73. The van der Waals surface area contributed by atoms with Gasteiger partial charge in [-0.3, -0.25) is 4.79 Å². The normalized spacial score (nSPS) is 21.8. The van der Waals surface area contributed by atoms with Crippen molar-refractivity contribution in [3.63, 3.8) is 0 Å². The van der Waals surface area contributed by atoms with Gasteiger partial charge in [-0.2, -0.15) is 0 Å². The molecule has 1 saturated heterocycles. The summed E-state index contributed by atoms with van der Waals surface area (Å²) >= 11 is 7.52. The average Bonchev–Trinajstić information content (AvgIpc) is 2.57. The molecule has 0 spiro atoms. The minimum Gasteiger partial charge on any atom is -0.348 e. The van der Waals surface area contributed by atoms with E-state index in [1.807, 2.05) is 0 Å². The molecule has 18 heavy (non-hydrogen) atoms. The van der Waals surface area contributed by atoms with E-state index in [0.29, 0.717) is 16.9 Å². The molecule has 2 rings (SSSR count). The third-order valence-corrected chi connectivity index (χ3v) is 5.40. The molecule has 1 N–H and O–H groups in total. The summed E-state index contributed by atoms with van der Waals surface area (Å²) < 4.78 is 23.4. The number of carbonyl (C=O) groups is 1. The van der Waals surface area contributed by atoms with Crippen LogP contribution in [0.25, 0.3) is 0 Å². The molecule has 0 bridgehead atoms. The summed E-state index contributed by atoms with van der Waals surface area (Å²) in [4.78, 5) is 12.5. The molecule has 7 heteroatoms. The highest BCUT2D eigenvalue weighted by Gasteiger charge is 2.29. The first-order valence-electron chi connectivity index (χ1n) is 5.37. The summed E-state index contributed by atoms with van der Waals surface area (Å²) in [6.07, 6.45) is 0.479. The van der Waals surface area contributed by atoms with E-state index in [0.717, 1.165) is 4.47 Å². The summed E-state index contributed by atoms with van der Waals surface area (Å²) in [7, 11) is -2.98. The molecule has 1 aliphatic heterocycles. The Morgan fingerprint density at radius 3 is 2.72 bits per heavy atom. The van der Waals surface area contributed by atoms with Gasteiger partial charge in [0.25, 0.3) is 5.91 Å². The van der Waals surface area contributed by atoms with Crippen LogP contribution in [-0.4, -0.2) is 31.9 Å². The lowest BCUT2D eigenvalue weighted by molar-refractivity contribution is 0.0938. The Kier molecular flexibility index (Phi) is 4.03. The van der Waals surface area contributed by atoms with E-state index in [1.165, 1.54) is 0 Å². The van der Waals surface area contributed by atoms with Crippen molar-refractivity contribution in [3.05, 3.63) is 28.2 Å². The predicted octanol–water partition coefficient (Wildman–Crippen LogP) is 1.65. The van der Waals surface area contributed by atoms with Crippen molar-refractivity contribution in [1.29, 1.82) is 0 Å². The molecular formula is C11H12BrNO3S2. The maximum absolute atomic E-state index is 12.0. The summed E-state index contributed by atoms with van der Waals surface area (Å²) in [6, 6.07) is 4.84. The highest BCUT2D eigenvalue weighted by molar-refractivity contribution is 9.10. The lowest BCUT2D eigenvalue weighted by atomic mass is 10.2. The van der Waals surface area contributed by atoms with Gasteiger partial charge >= 0.3 is 0 Å². The van der Waals surface area contributed by atoms with Crippen molar-refractivity contribution in [2.24, 2.45) is 0 Å². The largest absolute Gasteiger partial charge is 0.348 e. The zero-order chi connectivity index (χ0) is 13.3. The number of rotatable bonds is 2. The van der Waals surface area contributed by atoms with Crippen LogP contribution in [0.3, 0.4) is 0 Å². The molecule has 4 nitrogen and oxygen atoms in total. The number of nitrogens with one attached hydrogen (secondary N) is 1. The Morgan fingerprint density at radius 2 is 2.17 bits per heavy atom. The van der Waals surface area contributed by atoms with Gasteiger partial charge in [0.1, 0.15) is 0 Å². The van der Waals surface area contributed by atoms with Gasteiger partial charge in [-0.05, 0) is 24.6 Å². The zero-order valence-electron chi connectivity index (χ0n) is 9.39. The second kappa shape index (κ2) is 5.22. The Morgan fingerprint density at radius 1 is 1.44 bits per heavy atom. The Hall–Kier alpha value is -0.530. The quantitative estimate of drug-likeness (QED) is 0.798. The summed E-state index contributed by atoms with van der Waals surface area (Å²) in [6.45, 7) is 0. The van der Waals surface area contributed by atoms with Crippen molar-refractivity contribution in [2.75, 3.05) is 11.5 Å². The van der Waals surface area contributed by atoms with Crippen LogP contribution in [0.4, 0.5) is 0 Å². The number of halogens is 1. The lowest BCUT2D eigenvalue weighted by Gasteiger charge is -2.12. The van der Waals surface area contributed by atoms with Crippen LogP contribution in [0.2, 0.25) is 0 Å². The van der Waals surface area contributed by atoms with E-state index in [4.69, 9.17) is 0 Å². The third-order valence-electron chi connectivity index (χ3n) is 2.77. The number of carbonyl (C=O) groups excluding carboxylic acids is 1. The monoisotopic (exact) mass is 349 g/mol. The van der Waals surface area contributed by atoms with E-state index >= 15 is 0 Å². The second-order valence-electron chi connectivity index (χ2n) is 4.23. The van der Waals surface area contributed by atoms with Crippen LogP contribution in [-0.2, 0) is 9.84 Å². The van der Waals surface area contributed by atoms with Crippen molar-refractivity contribution < 1.29 is 13.2 Å². The fraction of sp³-hybridized carbons (Fsp3) is 0.364. The molecule has 0 aliphatic carbocycles. The first-order valence-corrected chi connectivity index (χ1v) is 8.43. The molecule has 1 heterocycles. The predicted molar refractivity (Wildman–Crippen MR) is 75.9 cm³/mol. The van der Waals surface area contributed by atoms with Gasteiger partial charge in [0, 0.05) is 15.4 Å². The minimum absolute atomic E-state index is 0.0250. The van der Waals surface area contributed by atoms with Gasteiger partial charge in [-0.1, -0.05) is 15.9 Å². The molecule has 1 aliphatic rings. The zero-order valence-corrected chi connectivity index (χ0v) is 12.7. The Labute approximate surface area is 120 Å². The minimum atomic E-state index is -2.98. The van der Waals surface area contributed by atoms with Gasteiger partial charge in [-0.15, -0.1) is 12.6 Å². The third kappa shape index (κ3) is 3.27. The van der Waals surface area contributed by atoms with Gasteiger partial charge in [-0.25, -0.2) is 8.42 Å². The molecule has 1 aromatic carbocycles. The van der Waals surface area contributed by atoms with Crippen LogP contribution in [0.5, 0.6) is 0 Å². The average molecular weight is 350 g/mol. The molecule has 1 fully saturated rings. The molecule has 98 valence electrons. The van der Waals surface area contributed by atoms with Crippen LogP contribution in [0.1, 0.15) is 16.8 Å². The molecule has 1 atom stereocenters. The Bertz CT molecular complexity index is 586. The molecule has 0 saturated carbocycles. The van der Waals surface area contributed by atoms with E-state index in [9.17, 15) is 13.2 Å². The summed E-state index contributed by atoms with van der Waals surface area (Å²) in [5.41, 5.74) is 0.450. The van der Waals surface area contributed by atoms with Crippen molar-refractivity contribution in [1.82, 2.24) is 5.32 Å². The highest BCUT2D eigenvalue weighted by Crippen LogP contribution is 2.20. The molecule has 0 radical (unpaired) electrons. The number of benzene rings is 1.